The van der Waals surface area contributed by atoms with Crippen LogP contribution in [0, 0.1) is 6.92 Å². The molecule has 2 amide bonds. The van der Waals surface area contributed by atoms with Gasteiger partial charge >= 0.3 is 0 Å². The zero-order valence-electron chi connectivity index (χ0n) is 14.8. The Kier molecular flexibility index (Phi) is 4.57. The summed E-state index contributed by atoms with van der Waals surface area (Å²) in [6, 6.07) is 1.76. The molecule has 3 rings (SSSR count). The fourth-order valence-corrected chi connectivity index (χ4v) is 3.55. The van der Waals surface area contributed by atoms with Crippen LogP contribution in [0.5, 0.6) is 0 Å². The molecular formula is C18H23N5O2. The van der Waals surface area contributed by atoms with Crippen LogP contribution in [0.3, 0.4) is 0 Å². The number of amides is 2. The van der Waals surface area contributed by atoms with Gasteiger partial charge in [0.2, 0.25) is 0 Å². The Morgan fingerprint density at radius 2 is 2.12 bits per heavy atom. The number of aryl methyl sites for hydroxylation is 1. The molecule has 2 aromatic rings. The predicted molar refractivity (Wildman–Crippen MR) is 93.4 cm³/mol. The highest BCUT2D eigenvalue weighted by atomic mass is 16.2. The molecule has 0 unspecified atom stereocenters. The highest BCUT2D eigenvalue weighted by Gasteiger charge is 2.38. The number of hydrogen-bond acceptors (Lipinski definition) is 4. The number of H-pyrrole nitrogens is 1. The molecule has 7 heteroatoms. The van der Waals surface area contributed by atoms with E-state index in [4.69, 9.17) is 0 Å². The molecule has 1 atom stereocenters. The highest BCUT2D eigenvalue weighted by Crippen LogP contribution is 2.35. The first-order chi connectivity index (χ1) is 12.0. The zero-order valence-corrected chi connectivity index (χ0v) is 14.8. The summed E-state index contributed by atoms with van der Waals surface area (Å²) in [7, 11) is 1.60. The molecule has 25 heavy (non-hydrogen) atoms. The first-order valence-electron chi connectivity index (χ1n) is 8.42. The van der Waals surface area contributed by atoms with Crippen LogP contribution in [0.15, 0.2) is 24.7 Å². The predicted octanol–water partition coefficient (Wildman–Crippen LogP) is 1.67. The molecule has 0 aliphatic carbocycles. The number of pyridine rings is 1. The Labute approximate surface area is 146 Å². The number of piperidine rings is 1. The van der Waals surface area contributed by atoms with E-state index in [1.54, 1.807) is 31.7 Å². The summed E-state index contributed by atoms with van der Waals surface area (Å²) in [6.45, 7) is 5.22. The number of nitrogens with zero attached hydrogens (tertiary/aromatic N) is 3. The van der Waals surface area contributed by atoms with E-state index in [0.717, 1.165) is 24.1 Å². The van der Waals surface area contributed by atoms with Crippen LogP contribution < -0.4 is 5.32 Å². The third-order valence-electron chi connectivity index (χ3n) is 4.95. The summed E-state index contributed by atoms with van der Waals surface area (Å²) in [5.41, 5.74) is 2.53. The number of carbonyl (C=O) groups is 2. The fourth-order valence-electron chi connectivity index (χ4n) is 3.55. The van der Waals surface area contributed by atoms with Crippen LogP contribution in [0.1, 0.15) is 51.7 Å². The average Bonchev–Trinajstić information content (AvgIpc) is 3.12. The third kappa shape index (κ3) is 3.14. The van der Waals surface area contributed by atoms with Crippen molar-refractivity contribution in [2.75, 3.05) is 20.1 Å². The van der Waals surface area contributed by atoms with Gasteiger partial charge in [-0.25, -0.2) is 0 Å². The number of nitrogens with one attached hydrogen (secondary N) is 2. The van der Waals surface area contributed by atoms with Crippen LogP contribution in [0.25, 0.3) is 0 Å². The minimum atomic E-state index is -0.340. The minimum absolute atomic E-state index is 0.00633. The molecule has 132 valence electrons. The number of likely N-dealkylation sites (tertiary alicyclic amines) is 1. The van der Waals surface area contributed by atoms with E-state index < -0.39 is 0 Å². The van der Waals surface area contributed by atoms with Crippen molar-refractivity contribution in [2.45, 2.75) is 32.1 Å². The van der Waals surface area contributed by atoms with Gasteiger partial charge < -0.3 is 10.2 Å². The molecule has 2 N–H and O–H groups in total. The number of aromatic nitrogens is 3. The van der Waals surface area contributed by atoms with E-state index in [1.165, 1.54) is 0 Å². The van der Waals surface area contributed by atoms with Crippen LogP contribution in [0.4, 0.5) is 0 Å². The quantitative estimate of drug-likeness (QED) is 0.888. The molecule has 1 fully saturated rings. The summed E-state index contributed by atoms with van der Waals surface area (Å²) >= 11 is 0. The molecular weight excluding hydrogens is 318 g/mol. The molecule has 0 aromatic carbocycles. The Bertz CT molecular complexity index is 800. The van der Waals surface area contributed by atoms with Crippen molar-refractivity contribution in [3.63, 3.8) is 0 Å². The number of carbonyl (C=O) groups excluding carboxylic acids is 2. The maximum Gasteiger partial charge on any atom is 0.254 e. The van der Waals surface area contributed by atoms with Crippen molar-refractivity contribution in [1.29, 1.82) is 0 Å². The van der Waals surface area contributed by atoms with Gasteiger partial charge in [-0.3, -0.25) is 19.7 Å². The van der Waals surface area contributed by atoms with E-state index in [-0.39, 0.29) is 17.2 Å². The van der Waals surface area contributed by atoms with Crippen LogP contribution >= 0.6 is 0 Å². The van der Waals surface area contributed by atoms with Crippen LogP contribution in [-0.4, -0.2) is 52.0 Å². The highest BCUT2D eigenvalue weighted by molar-refractivity contribution is 5.96. The fraction of sp³-hybridized carbons (Fsp3) is 0.444. The number of aromatic amines is 1. The van der Waals surface area contributed by atoms with Crippen molar-refractivity contribution in [3.05, 3.63) is 47.0 Å². The third-order valence-corrected chi connectivity index (χ3v) is 4.95. The average molecular weight is 341 g/mol. The first-order valence-corrected chi connectivity index (χ1v) is 8.42. The Hall–Kier alpha value is -2.70. The van der Waals surface area contributed by atoms with Crippen LogP contribution in [0.2, 0.25) is 0 Å². The smallest absolute Gasteiger partial charge is 0.254 e. The van der Waals surface area contributed by atoms with E-state index >= 15 is 0 Å². The molecule has 0 spiro atoms. The van der Waals surface area contributed by atoms with E-state index in [2.05, 4.69) is 27.4 Å². The lowest BCUT2D eigenvalue weighted by molar-refractivity contribution is 0.0646. The summed E-state index contributed by atoms with van der Waals surface area (Å²) in [6.07, 6.45) is 6.65. The molecule has 7 nitrogen and oxygen atoms in total. The minimum Gasteiger partial charge on any atom is -0.355 e. The lowest BCUT2D eigenvalue weighted by atomic mass is 9.77. The lowest BCUT2D eigenvalue weighted by Gasteiger charge is -2.40. The lowest BCUT2D eigenvalue weighted by Crippen LogP contribution is -2.48. The number of hydrogen-bond donors (Lipinski definition) is 2. The standard InChI is InChI=1S/C18H23N5O2/c1-12-9-20-7-5-13(12)17(25)23-8-4-6-18(2,11-23)15-14(10-21-22-15)16(24)19-3/h5,7,9-10H,4,6,8,11H2,1-3H3,(H,19,24)(H,21,22)/t18-/m0/s1. The van der Waals surface area contributed by atoms with Crippen LogP contribution in [-0.2, 0) is 5.41 Å². The van der Waals surface area contributed by atoms with Gasteiger partial charge in [0, 0.05) is 43.5 Å². The van der Waals surface area contributed by atoms with Gasteiger partial charge in [0.1, 0.15) is 0 Å². The molecule has 1 aliphatic heterocycles. The topological polar surface area (TPSA) is 91.0 Å². The Morgan fingerprint density at radius 3 is 2.84 bits per heavy atom. The summed E-state index contributed by atoms with van der Waals surface area (Å²) in [5, 5.41) is 9.68. The van der Waals surface area contributed by atoms with Gasteiger partial charge in [0.15, 0.2) is 0 Å². The van der Waals surface area contributed by atoms with E-state index in [9.17, 15) is 9.59 Å². The van der Waals surface area contributed by atoms with Crippen molar-refractivity contribution >= 4 is 11.8 Å². The van der Waals surface area contributed by atoms with Gasteiger partial charge in [-0.2, -0.15) is 5.10 Å². The SMILES string of the molecule is CNC(=O)c1cn[nH]c1[C@@]1(C)CCCN(C(=O)c2ccncc2C)C1. The molecule has 0 saturated carbocycles. The maximum atomic E-state index is 12.9. The molecule has 1 aliphatic rings. The van der Waals surface area contributed by atoms with Crippen molar-refractivity contribution in [1.82, 2.24) is 25.4 Å². The molecule has 2 aromatic heterocycles. The number of rotatable bonds is 3. The van der Waals surface area contributed by atoms with Gasteiger partial charge in [0.05, 0.1) is 17.5 Å². The molecule has 0 radical (unpaired) electrons. The summed E-state index contributed by atoms with van der Waals surface area (Å²) < 4.78 is 0. The monoisotopic (exact) mass is 341 g/mol. The molecule has 3 heterocycles. The Morgan fingerprint density at radius 1 is 1.32 bits per heavy atom. The Balaban J connectivity index is 1.88. The molecule has 0 bridgehead atoms. The van der Waals surface area contributed by atoms with Gasteiger partial charge in [0.25, 0.3) is 11.8 Å². The van der Waals surface area contributed by atoms with Crippen molar-refractivity contribution in [2.24, 2.45) is 0 Å². The second-order valence-electron chi connectivity index (χ2n) is 6.82. The maximum absolute atomic E-state index is 12.9. The summed E-state index contributed by atoms with van der Waals surface area (Å²) in [5.74, 6) is -0.162. The second-order valence-corrected chi connectivity index (χ2v) is 6.82. The van der Waals surface area contributed by atoms with E-state index in [0.29, 0.717) is 24.2 Å². The van der Waals surface area contributed by atoms with Gasteiger partial charge in [-0.1, -0.05) is 6.92 Å². The largest absolute Gasteiger partial charge is 0.355 e. The van der Waals surface area contributed by atoms with Crippen molar-refractivity contribution < 1.29 is 9.59 Å². The van der Waals surface area contributed by atoms with Gasteiger partial charge in [-0.05, 0) is 31.4 Å². The van der Waals surface area contributed by atoms with Crippen molar-refractivity contribution in [3.8, 4) is 0 Å². The first kappa shape index (κ1) is 17.1. The van der Waals surface area contributed by atoms with Gasteiger partial charge in [-0.15, -0.1) is 0 Å². The van der Waals surface area contributed by atoms with E-state index in [1.807, 2.05) is 11.8 Å². The zero-order chi connectivity index (χ0) is 18.0. The molecule has 1 saturated heterocycles. The normalized spacial score (nSPS) is 20.4. The second kappa shape index (κ2) is 6.66. The summed E-state index contributed by atoms with van der Waals surface area (Å²) in [4.78, 5) is 31.0.